The highest BCUT2D eigenvalue weighted by Gasteiger charge is 2.63. The van der Waals surface area contributed by atoms with Crippen LogP contribution in [0.25, 0.3) is 11.8 Å². The van der Waals surface area contributed by atoms with Crippen molar-refractivity contribution < 1.29 is 28.2 Å². The van der Waals surface area contributed by atoms with Crippen molar-refractivity contribution in [1.29, 1.82) is 0 Å². The van der Waals surface area contributed by atoms with Crippen LogP contribution in [0.2, 0.25) is 0 Å². The molecule has 3 fully saturated rings. The van der Waals surface area contributed by atoms with Crippen molar-refractivity contribution in [3.05, 3.63) is 47.3 Å². The molecule has 7 nitrogen and oxygen atoms in total. The van der Waals surface area contributed by atoms with Crippen LogP contribution < -0.4 is 0 Å². The van der Waals surface area contributed by atoms with Gasteiger partial charge < -0.3 is 9.84 Å². The number of thioether (sulfide) groups is 1. The van der Waals surface area contributed by atoms with Gasteiger partial charge in [0.1, 0.15) is 6.01 Å². The van der Waals surface area contributed by atoms with E-state index in [9.17, 15) is 23.5 Å². The summed E-state index contributed by atoms with van der Waals surface area (Å²) in [5, 5.41) is 15.5. The summed E-state index contributed by atoms with van der Waals surface area (Å²) in [6, 6.07) is 2.08. The Morgan fingerprint density at radius 3 is 2.77 bits per heavy atom. The Hall–Kier alpha value is -2.59. The van der Waals surface area contributed by atoms with Crippen LogP contribution in [0.3, 0.4) is 0 Å². The Balaban J connectivity index is 1.26. The van der Waals surface area contributed by atoms with Gasteiger partial charge in [0.25, 0.3) is 0 Å². The number of pyridine rings is 1. The Labute approximate surface area is 236 Å². The molecule has 214 valence electrons. The van der Waals surface area contributed by atoms with E-state index in [4.69, 9.17) is 4.74 Å². The number of carbonyl (C=O) groups is 2. The fraction of sp³-hybridized carbons (Fsp3) is 0.600. The lowest BCUT2D eigenvalue weighted by molar-refractivity contribution is -0.151. The number of rotatable bonds is 4. The number of nitrogens with zero attached hydrogens (tertiary/aromatic N) is 3. The molecule has 0 bridgehead atoms. The lowest BCUT2D eigenvalue weighted by Crippen LogP contribution is -2.57. The lowest BCUT2D eigenvalue weighted by atomic mass is 9.45. The summed E-state index contributed by atoms with van der Waals surface area (Å²) >= 11 is 0.345. The Morgan fingerprint density at radius 1 is 1.25 bits per heavy atom. The summed E-state index contributed by atoms with van der Waals surface area (Å²) in [5.41, 5.74) is 3.64. The normalized spacial score (nSPS) is 35.0. The van der Waals surface area contributed by atoms with Gasteiger partial charge >= 0.3 is 11.3 Å². The molecule has 8 atom stereocenters. The van der Waals surface area contributed by atoms with Crippen LogP contribution in [0, 0.1) is 46.4 Å². The number of fused-ring (bicyclic) bond motifs is 6. The molecule has 40 heavy (non-hydrogen) atoms. The number of allylic oxidation sites excluding steroid dienone is 1. The SMILES string of the molecule is CC(C(=O)OC(=O)SCF)[C@H]1CC[C@H]2[C@@H]3CCC4=Cc5c(cnn5-c5ccc(F)nc5)CC4(C)[C@H]3[C@@H](O)C[C@]12C. The Bertz CT molecular complexity index is 1360. The molecule has 0 spiro atoms. The van der Waals surface area contributed by atoms with Gasteiger partial charge in [-0.15, -0.1) is 0 Å². The maximum Gasteiger partial charge on any atom is 0.377 e. The van der Waals surface area contributed by atoms with Gasteiger partial charge in [-0.05, 0) is 109 Å². The predicted octanol–water partition coefficient (Wildman–Crippen LogP) is 6.14. The topological polar surface area (TPSA) is 94.3 Å². The van der Waals surface area contributed by atoms with E-state index in [0.29, 0.717) is 35.7 Å². The van der Waals surface area contributed by atoms with Gasteiger partial charge in [0.2, 0.25) is 5.95 Å². The monoisotopic (exact) mass is 571 g/mol. The van der Waals surface area contributed by atoms with E-state index < -0.39 is 35.2 Å². The van der Waals surface area contributed by atoms with Gasteiger partial charge in [-0.1, -0.05) is 26.3 Å². The zero-order chi connectivity index (χ0) is 28.4. The maximum atomic E-state index is 13.4. The number of carbonyl (C=O) groups excluding carboxylic acids is 2. The lowest BCUT2D eigenvalue weighted by Gasteiger charge is -2.60. The molecular formula is C30H35F2N3O4S. The van der Waals surface area contributed by atoms with E-state index in [0.717, 1.165) is 43.4 Å². The largest absolute Gasteiger partial charge is 0.393 e. The fourth-order valence-corrected chi connectivity index (χ4v) is 9.39. The van der Waals surface area contributed by atoms with Gasteiger partial charge in [-0.2, -0.15) is 9.49 Å². The number of alkyl halides is 1. The summed E-state index contributed by atoms with van der Waals surface area (Å²) in [4.78, 5) is 28.3. The van der Waals surface area contributed by atoms with E-state index in [-0.39, 0.29) is 22.7 Å². The standard InChI is InChI=1S/C30H35F2N3O4S/c1-16(27(37)39-28(38)40-15-31)21-7-8-22-20-6-4-18-10-23-17(13-34-35(23)19-5-9-25(32)33-14-19)11-29(18,2)26(20)24(36)12-30(21,22)3/h5,9-10,13-14,16,20-22,24,26,36H,4,6-8,11-12,15H2,1-3H3/t16?,20-,21+,22-,24-,26+,29?,30+/m0/s1. The van der Waals surface area contributed by atoms with Crippen molar-refractivity contribution in [2.45, 2.75) is 65.4 Å². The smallest absolute Gasteiger partial charge is 0.377 e. The first-order chi connectivity index (χ1) is 19.1. The van der Waals surface area contributed by atoms with Gasteiger partial charge in [-0.3, -0.25) is 4.79 Å². The second-order valence-corrected chi connectivity index (χ2v) is 13.4. The molecule has 2 aromatic heterocycles. The first-order valence-corrected chi connectivity index (χ1v) is 15.1. The van der Waals surface area contributed by atoms with Crippen LogP contribution in [0.15, 0.2) is 30.1 Å². The van der Waals surface area contributed by atoms with Crippen molar-refractivity contribution in [1.82, 2.24) is 14.8 Å². The molecule has 0 saturated heterocycles. The molecule has 2 unspecified atom stereocenters. The molecule has 0 aromatic carbocycles. The Kier molecular flexibility index (Phi) is 6.93. The summed E-state index contributed by atoms with van der Waals surface area (Å²) in [6.45, 7) is 6.28. The molecule has 4 aliphatic rings. The molecule has 0 aliphatic heterocycles. The van der Waals surface area contributed by atoms with Crippen molar-refractivity contribution in [2.75, 3.05) is 6.01 Å². The zero-order valence-electron chi connectivity index (χ0n) is 23.0. The third-order valence-corrected chi connectivity index (χ3v) is 11.2. The van der Waals surface area contributed by atoms with Crippen LogP contribution in [0.5, 0.6) is 0 Å². The minimum Gasteiger partial charge on any atom is -0.393 e. The molecule has 2 heterocycles. The summed E-state index contributed by atoms with van der Waals surface area (Å²) < 4.78 is 32.7. The average Bonchev–Trinajstić information content (AvgIpc) is 3.46. The molecule has 10 heteroatoms. The third-order valence-electron chi connectivity index (χ3n) is 10.8. The number of hydrogen-bond acceptors (Lipinski definition) is 7. The van der Waals surface area contributed by atoms with Gasteiger partial charge in [0.15, 0.2) is 0 Å². The molecule has 1 N–H and O–H groups in total. The second-order valence-electron chi connectivity index (χ2n) is 12.6. The highest BCUT2D eigenvalue weighted by molar-refractivity contribution is 8.13. The number of aromatic nitrogens is 3. The van der Waals surface area contributed by atoms with Crippen molar-refractivity contribution in [3.8, 4) is 5.69 Å². The van der Waals surface area contributed by atoms with Gasteiger partial charge in [-0.25, -0.2) is 18.9 Å². The first kappa shape index (κ1) is 27.6. The van der Waals surface area contributed by atoms with E-state index in [1.54, 1.807) is 13.0 Å². The highest BCUT2D eigenvalue weighted by atomic mass is 32.2. The third kappa shape index (κ3) is 4.24. The van der Waals surface area contributed by atoms with Gasteiger partial charge in [0.05, 0.1) is 35.8 Å². The van der Waals surface area contributed by atoms with Crippen molar-refractivity contribution in [3.63, 3.8) is 0 Å². The number of aliphatic hydroxyl groups is 1. The van der Waals surface area contributed by atoms with E-state index in [2.05, 4.69) is 30.0 Å². The minimum atomic E-state index is -0.931. The van der Waals surface area contributed by atoms with Crippen molar-refractivity contribution >= 4 is 29.1 Å². The minimum absolute atomic E-state index is 0.0194. The van der Waals surface area contributed by atoms with Crippen LogP contribution in [-0.4, -0.2) is 43.3 Å². The second kappa shape index (κ2) is 10.0. The van der Waals surface area contributed by atoms with Crippen LogP contribution in [0.4, 0.5) is 13.6 Å². The zero-order valence-corrected chi connectivity index (χ0v) is 23.8. The quantitative estimate of drug-likeness (QED) is 0.268. The molecule has 0 radical (unpaired) electrons. The Morgan fingerprint density at radius 2 is 2.05 bits per heavy atom. The fourth-order valence-electron chi connectivity index (χ4n) is 9.16. The molecular weight excluding hydrogens is 536 g/mol. The van der Waals surface area contributed by atoms with Crippen LogP contribution in [-0.2, 0) is 16.0 Å². The summed E-state index contributed by atoms with van der Waals surface area (Å²) in [7, 11) is 0. The van der Waals surface area contributed by atoms with Crippen molar-refractivity contribution in [2.24, 2.45) is 40.4 Å². The van der Waals surface area contributed by atoms with E-state index in [1.165, 1.54) is 17.8 Å². The highest BCUT2D eigenvalue weighted by Crippen LogP contribution is 2.67. The predicted molar refractivity (Wildman–Crippen MR) is 146 cm³/mol. The number of ether oxygens (including phenoxy) is 1. The molecule has 4 aliphatic carbocycles. The van der Waals surface area contributed by atoms with Gasteiger partial charge in [0, 0.05) is 0 Å². The number of halogens is 2. The van der Waals surface area contributed by atoms with E-state index in [1.807, 2.05) is 10.9 Å². The van der Waals surface area contributed by atoms with Crippen LogP contribution >= 0.6 is 11.8 Å². The van der Waals surface area contributed by atoms with E-state index >= 15 is 0 Å². The average molecular weight is 572 g/mol. The molecule has 0 amide bonds. The summed E-state index contributed by atoms with van der Waals surface area (Å²) in [6.07, 6.45) is 10.1. The molecule has 2 aromatic rings. The van der Waals surface area contributed by atoms with Crippen LogP contribution in [0.1, 0.15) is 64.1 Å². The maximum absolute atomic E-state index is 13.4. The molecule has 3 saturated carbocycles. The first-order valence-electron chi connectivity index (χ1n) is 14.1. The molecule has 6 rings (SSSR count). The number of esters is 1. The number of hydrogen-bond donors (Lipinski definition) is 1. The summed E-state index contributed by atoms with van der Waals surface area (Å²) in [5.74, 6) is -0.926. The number of aliphatic hydroxyl groups excluding tert-OH is 1.